The molecule has 0 aliphatic rings. The average Bonchev–Trinajstić information content (AvgIpc) is 3.43. The van der Waals surface area contributed by atoms with Gasteiger partial charge in [0.05, 0.1) is 35.6 Å². The van der Waals surface area contributed by atoms with Crippen molar-refractivity contribution in [2.45, 2.75) is 18.9 Å². The number of hydrogen-bond donors (Lipinski definition) is 3. The van der Waals surface area contributed by atoms with Crippen molar-refractivity contribution in [3.63, 3.8) is 0 Å². The molecule has 9 nitrogen and oxygen atoms in total. The normalized spacial score (nSPS) is 12.3. The number of nitrogens with zero attached hydrogens (tertiary/aromatic N) is 6. The number of fused-ring (bicyclic) bond motifs is 1. The lowest BCUT2D eigenvalue weighted by Gasteiger charge is -2.12. The Balaban J connectivity index is 1.46. The van der Waals surface area contributed by atoms with Crippen LogP contribution in [0.2, 0.25) is 0 Å². The first-order chi connectivity index (χ1) is 16.0. The highest BCUT2D eigenvalue weighted by atomic mass is 19.1. The minimum atomic E-state index is -0.889. The molecule has 5 aromatic rings. The zero-order valence-corrected chi connectivity index (χ0v) is 17.8. The van der Waals surface area contributed by atoms with E-state index in [1.165, 1.54) is 12.1 Å². The van der Waals surface area contributed by atoms with Crippen LogP contribution in [0.25, 0.3) is 33.7 Å². The molecule has 0 amide bonds. The molecule has 0 radical (unpaired) electrons. The number of aliphatic hydroxyl groups is 1. The molecule has 1 unspecified atom stereocenters. The molecule has 4 aromatic heterocycles. The molecular weight excluding hydrogens is 423 g/mol. The maximum absolute atomic E-state index is 13.4. The highest BCUT2D eigenvalue weighted by Crippen LogP contribution is 2.29. The van der Waals surface area contributed by atoms with Crippen molar-refractivity contribution < 1.29 is 9.50 Å². The number of nitrogens with one attached hydrogen (secondary N) is 1. The third-order valence-corrected chi connectivity index (χ3v) is 5.36. The Morgan fingerprint density at radius 1 is 1.15 bits per heavy atom. The summed E-state index contributed by atoms with van der Waals surface area (Å²) in [6.07, 6.45) is 6.97. The van der Waals surface area contributed by atoms with Gasteiger partial charge in [-0.2, -0.15) is 5.10 Å². The van der Waals surface area contributed by atoms with Crippen molar-refractivity contribution in [3.8, 4) is 22.5 Å². The molecule has 166 valence electrons. The van der Waals surface area contributed by atoms with Crippen LogP contribution in [-0.4, -0.2) is 39.8 Å². The van der Waals surface area contributed by atoms with E-state index in [4.69, 9.17) is 10.7 Å². The summed E-state index contributed by atoms with van der Waals surface area (Å²) in [4.78, 5) is 20.8. The average molecular weight is 444 g/mol. The number of aromatic amines is 1. The molecule has 4 heterocycles. The summed E-state index contributed by atoms with van der Waals surface area (Å²) in [6.45, 7) is 0. The Hall–Kier alpha value is -4.18. The third-order valence-electron chi connectivity index (χ3n) is 5.36. The van der Waals surface area contributed by atoms with Crippen LogP contribution in [0.1, 0.15) is 23.8 Å². The number of H-pyrrole nitrogens is 1. The SMILES string of the molecule is Cn1cc(-c2cnc3[nH]cc(-c4cc(C(O)CCc5cccc(F)c5)nc(N)n4)c3n2)cn1. The summed E-state index contributed by atoms with van der Waals surface area (Å²) in [5.74, 6) is -0.264. The highest BCUT2D eigenvalue weighted by molar-refractivity contribution is 5.90. The van der Waals surface area contributed by atoms with E-state index in [1.54, 1.807) is 35.4 Å². The summed E-state index contributed by atoms with van der Waals surface area (Å²) in [6, 6.07) is 8.00. The molecular formula is C23H21FN8O. The van der Waals surface area contributed by atoms with Gasteiger partial charge >= 0.3 is 0 Å². The predicted octanol–water partition coefficient (Wildman–Crippen LogP) is 3.20. The maximum atomic E-state index is 13.4. The number of aliphatic hydroxyl groups excluding tert-OH is 1. The van der Waals surface area contributed by atoms with E-state index in [0.29, 0.717) is 46.7 Å². The summed E-state index contributed by atoms with van der Waals surface area (Å²) >= 11 is 0. The fourth-order valence-electron chi connectivity index (χ4n) is 3.72. The second-order valence-corrected chi connectivity index (χ2v) is 7.78. The van der Waals surface area contributed by atoms with Crippen molar-refractivity contribution in [2.75, 3.05) is 5.73 Å². The van der Waals surface area contributed by atoms with Crippen LogP contribution in [0.15, 0.2) is 55.1 Å². The molecule has 0 aliphatic carbocycles. The fourth-order valence-corrected chi connectivity index (χ4v) is 3.72. The van der Waals surface area contributed by atoms with Crippen LogP contribution < -0.4 is 5.73 Å². The summed E-state index contributed by atoms with van der Waals surface area (Å²) in [5, 5.41) is 14.9. The number of rotatable bonds is 6. The molecule has 1 aromatic carbocycles. The smallest absolute Gasteiger partial charge is 0.220 e. The van der Waals surface area contributed by atoms with Crippen LogP contribution in [-0.2, 0) is 13.5 Å². The molecule has 0 aliphatic heterocycles. The van der Waals surface area contributed by atoms with Gasteiger partial charge in [-0.05, 0) is 36.6 Å². The van der Waals surface area contributed by atoms with Crippen molar-refractivity contribution in [3.05, 3.63) is 72.2 Å². The Bertz CT molecular complexity index is 1440. The van der Waals surface area contributed by atoms with Gasteiger partial charge in [0, 0.05) is 30.6 Å². The zero-order valence-electron chi connectivity index (χ0n) is 17.8. The molecule has 0 fully saturated rings. The van der Waals surface area contributed by atoms with E-state index in [1.807, 2.05) is 19.3 Å². The minimum absolute atomic E-state index is 0.0398. The molecule has 10 heteroatoms. The van der Waals surface area contributed by atoms with Crippen LogP contribution in [0, 0.1) is 5.82 Å². The highest BCUT2D eigenvalue weighted by Gasteiger charge is 2.17. The number of benzene rings is 1. The second kappa shape index (κ2) is 8.40. The third kappa shape index (κ3) is 4.28. The first kappa shape index (κ1) is 20.7. The molecule has 0 spiro atoms. The zero-order chi connectivity index (χ0) is 22.9. The second-order valence-electron chi connectivity index (χ2n) is 7.78. The van der Waals surface area contributed by atoms with Crippen molar-refractivity contribution in [1.82, 2.24) is 34.7 Å². The summed E-state index contributed by atoms with van der Waals surface area (Å²) in [5.41, 5.74) is 11.1. The lowest BCUT2D eigenvalue weighted by Crippen LogP contribution is -2.07. The molecule has 5 rings (SSSR count). The van der Waals surface area contributed by atoms with Gasteiger partial charge in [-0.3, -0.25) is 4.68 Å². The summed E-state index contributed by atoms with van der Waals surface area (Å²) < 4.78 is 15.1. The first-order valence-electron chi connectivity index (χ1n) is 10.4. The van der Waals surface area contributed by atoms with Gasteiger partial charge in [-0.1, -0.05) is 12.1 Å². The lowest BCUT2D eigenvalue weighted by atomic mass is 10.0. The van der Waals surface area contributed by atoms with E-state index in [-0.39, 0.29) is 11.8 Å². The standard InChI is InChI=1S/C23H21FN8O/c1-32-12-14(9-28-32)19-11-27-22-21(29-19)16(10-26-22)17-8-18(31-23(25)30-17)20(33)6-5-13-3-2-4-15(24)7-13/h2-4,7-12,20,33H,5-6H2,1H3,(H,26,27)(H2,25,30,31). The predicted molar refractivity (Wildman–Crippen MR) is 121 cm³/mol. The molecule has 33 heavy (non-hydrogen) atoms. The lowest BCUT2D eigenvalue weighted by molar-refractivity contribution is 0.163. The Morgan fingerprint density at radius 3 is 2.82 bits per heavy atom. The maximum Gasteiger partial charge on any atom is 0.220 e. The van der Waals surface area contributed by atoms with Crippen LogP contribution in [0.5, 0.6) is 0 Å². The largest absolute Gasteiger partial charge is 0.387 e. The number of nitrogens with two attached hydrogens (primary N) is 1. The van der Waals surface area contributed by atoms with E-state index in [0.717, 1.165) is 11.1 Å². The van der Waals surface area contributed by atoms with Crippen LogP contribution >= 0.6 is 0 Å². The van der Waals surface area contributed by atoms with Crippen molar-refractivity contribution in [1.29, 1.82) is 0 Å². The summed E-state index contributed by atoms with van der Waals surface area (Å²) in [7, 11) is 1.84. The minimum Gasteiger partial charge on any atom is -0.387 e. The first-order valence-corrected chi connectivity index (χ1v) is 10.4. The van der Waals surface area contributed by atoms with Crippen molar-refractivity contribution in [2.24, 2.45) is 7.05 Å². The number of anilines is 1. The number of aryl methyl sites for hydroxylation is 2. The number of hydrogen-bond acceptors (Lipinski definition) is 7. The fraction of sp³-hybridized carbons (Fsp3) is 0.174. The van der Waals surface area contributed by atoms with Crippen molar-refractivity contribution >= 4 is 17.1 Å². The monoisotopic (exact) mass is 444 g/mol. The molecule has 4 N–H and O–H groups in total. The van der Waals surface area contributed by atoms with Crippen LogP contribution in [0.4, 0.5) is 10.3 Å². The van der Waals surface area contributed by atoms with E-state index in [2.05, 4.69) is 25.0 Å². The number of aromatic nitrogens is 7. The Labute approximate surface area is 188 Å². The number of halogens is 1. The van der Waals surface area contributed by atoms with E-state index < -0.39 is 6.10 Å². The molecule has 0 saturated heterocycles. The number of nitrogen functional groups attached to an aromatic ring is 1. The molecule has 0 saturated carbocycles. The molecule has 0 bridgehead atoms. The van der Waals surface area contributed by atoms with Gasteiger partial charge in [0.1, 0.15) is 11.3 Å². The van der Waals surface area contributed by atoms with E-state index >= 15 is 0 Å². The quantitative estimate of drug-likeness (QED) is 0.366. The Kier molecular flexibility index (Phi) is 5.27. The van der Waals surface area contributed by atoms with Gasteiger partial charge in [-0.25, -0.2) is 24.3 Å². The Morgan fingerprint density at radius 2 is 2.03 bits per heavy atom. The van der Waals surface area contributed by atoms with Gasteiger partial charge in [0.25, 0.3) is 0 Å². The van der Waals surface area contributed by atoms with Crippen LogP contribution in [0.3, 0.4) is 0 Å². The molecule has 1 atom stereocenters. The van der Waals surface area contributed by atoms with E-state index in [9.17, 15) is 9.50 Å². The van der Waals surface area contributed by atoms with Gasteiger partial charge in [-0.15, -0.1) is 0 Å². The topological polar surface area (TPSA) is 131 Å². The van der Waals surface area contributed by atoms with Gasteiger partial charge in [0.2, 0.25) is 5.95 Å². The van der Waals surface area contributed by atoms with Gasteiger partial charge < -0.3 is 15.8 Å². The van der Waals surface area contributed by atoms with Gasteiger partial charge in [0.15, 0.2) is 5.65 Å².